The Morgan fingerprint density at radius 1 is 1.40 bits per heavy atom. The van der Waals surface area contributed by atoms with Crippen molar-refractivity contribution >= 4 is 27.3 Å². The zero-order valence-electron chi connectivity index (χ0n) is 8.43. The van der Waals surface area contributed by atoms with Crippen molar-refractivity contribution in [2.75, 3.05) is 23.0 Å². The zero-order chi connectivity index (χ0) is 11.3. The van der Waals surface area contributed by atoms with Gasteiger partial charge in [-0.25, -0.2) is 8.42 Å². The van der Waals surface area contributed by atoms with Crippen LogP contribution in [0.4, 0.5) is 5.69 Å². The van der Waals surface area contributed by atoms with Crippen molar-refractivity contribution in [3.8, 4) is 0 Å². The van der Waals surface area contributed by atoms with Crippen LogP contribution in [0.25, 0.3) is 0 Å². The van der Waals surface area contributed by atoms with Gasteiger partial charge < -0.3 is 0 Å². The number of alkyl halides is 1. The van der Waals surface area contributed by atoms with E-state index in [-0.39, 0.29) is 5.75 Å². The molecule has 0 spiro atoms. The smallest absolute Gasteiger partial charge is 0.234 e. The summed E-state index contributed by atoms with van der Waals surface area (Å²) >= 11 is 5.47. The molecule has 1 aromatic heterocycles. The molecular weight excluding hydrogens is 236 g/mol. The second kappa shape index (κ2) is 5.32. The van der Waals surface area contributed by atoms with Crippen LogP contribution >= 0.6 is 11.6 Å². The van der Waals surface area contributed by atoms with Crippen LogP contribution in [0.5, 0.6) is 0 Å². The molecule has 4 nitrogen and oxygen atoms in total. The van der Waals surface area contributed by atoms with Crippen molar-refractivity contribution in [2.24, 2.45) is 0 Å². The molecule has 0 atom stereocenters. The van der Waals surface area contributed by atoms with E-state index in [0.29, 0.717) is 18.0 Å². The highest BCUT2D eigenvalue weighted by Crippen LogP contribution is 2.14. The van der Waals surface area contributed by atoms with Crippen LogP contribution in [0.1, 0.15) is 6.42 Å². The fourth-order valence-electron chi connectivity index (χ4n) is 1.09. The largest absolute Gasteiger partial charge is 0.273 e. The van der Waals surface area contributed by atoms with Gasteiger partial charge >= 0.3 is 0 Å². The van der Waals surface area contributed by atoms with E-state index in [1.54, 1.807) is 24.5 Å². The van der Waals surface area contributed by atoms with Gasteiger partial charge in [0.25, 0.3) is 0 Å². The van der Waals surface area contributed by atoms with Gasteiger partial charge in [0.15, 0.2) is 0 Å². The molecule has 15 heavy (non-hydrogen) atoms. The van der Waals surface area contributed by atoms with Crippen LogP contribution in [0.15, 0.2) is 24.5 Å². The molecule has 0 fully saturated rings. The lowest BCUT2D eigenvalue weighted by Gasteiger charge is -2.18. The summed E-state index contributed by atoms with van der Waals surface area (Å²) in [6.45, 7) is 0. The van der Waals surface area contributed by atoms with Gasteiger partial charge in [-0.1, -0.05) is 0 Å². The van der Waals surface area contributed by atoms with Crippen molar-refractivity contribution in [3.63, 3.8) is 0 Å². The summed E-state index contributed by atoms with van der Waals surface area (Å²) in [6, 6.07) is 3.30. The molecule has 0 saturated heterocycles. The number of hydrogen-bond acceptors (Lipinski definition) is 3. The molecule has 6 heteroatoms. The van der Waals surface area contributed by atoms with Gasteiger partial charge in [0, 0.05) is 25.3 Å². The number of aromatic nitrogens is 1. The maximum Gasteiger partial charge on any atom is 0.234 e. The van der Waals surface area contributed by atoms with Crippen LogP contribution in [-0.4, -0.2) is 32.1 Å². The average Bonchev–Trinajstić information content (AvgIpc) is 2.26. The number of sulfonamides is 1. The number of nitrogens with zero attached hydrogens (tertiary/aromatic N) is 2. The maximum absolute atomic E-state index is 11.7. The van der Waals surface area contributed by atoms with Crippen LogP contribution in [-0.2, 0) is 10.0 Å². The number of rotatable bonds is 5. The quantitative estimate of drug-likeness (QED) is 0.742. The van der Waals surface area contributed by atoms with Crippen LogP contribution in [0.2, 0.25) is 0 Å². The first-order chi connectivity index (χ1) is 7.08. The molecule has 0 radical (unpaired) electrons. The Kier molecular flexibility index (Phi) is 4.35. The van der Waals surface area contributed by atoms with Crippen LogP contribution in [0, 0.1) is 0 Å². The Morgan fingerprint density at radius 3 is 2.53 bits per heavy atom. The molecule has 0 N–H and O–H groups in total. The van der Waals surface area contributed by atoms with Crippen LogP contribution < -0.4 is 4.31 Å². The molecule has 0 aliphatic heterocycles. The maximum atomic E-state index is 11.7. The van der Waals surface area contributed by atoms with E-state index in [1.165, 1.54) is 11.4 Å². The van der Waals surface area contributed by atoms with Gasteiger partial charge in [-0.15, -0.1) is 11.6 Å². The monoisotopic (exact) mass is 248 g/mol. The highest BCUT2D eigenvalue weighted by Gasteiger charge is 2.17. The fourth-order valence-corrected chi connectivity index (χ4v) is 2.61. The van der Waals surface area contributed by atoms with E-state index in [0.717, 1.165) is 0 Å². The molecule has 0 bridgehead atoms. The topological polar surface area (TPSA) is 50.3 Å². The second-order valence-corrected chi connectivity index (χ2v) is 5.53. The van der Waals surface area contributed by atoms with Gasteiger partial charge in [0.2, 0.25) is 10.0 Å². The minimum absolute atomic E-state index is 0.0648. The lowest BCUT2D eigenvalue weighted by molar-refractivity contribution is 0.593. The van der Waals surface area contributed by atoms with Crippen molar-refractivity contribution in [1.82, 2.24) is 4.98 Å². The van der Waals surface area contributed by atoms with Gasteiger partial charge in [0.1, 0.15) is 0 Å². The highest BCUT2D eigenvalue weighted by molar-refractivity contribution is 7.92. The summed E-state index contributed by atoms with van der Waals surface area (Å²) in [7, 11) is -1.73. The molecule has 0 aliphatic carbocycles. The molecule has 0 aliphatic rings. The van der Waals surface area contributed by atoms with Crippen molar-refractivity contribution in [1.29, 1.82) is 0 Å². The number of pyridine rings is 1. The molecule has 0 unspecified atom stereocenters. The first-order valence-corrected chi connectivity index (χ1v) is 6.65. The molecule has 0 aromatic carbocycles. The molecule has 84 valence electrons. The van der Waals surface area contributed by atoms with Gasteiger partial charge in [0.05, 0.1) is 11.4 Å². The molecule has 1 rings (SSSR count). The van der Waals surface area contributed by atoms with E-state index >= 15 is 0 Å². The summed E-state index contributed by atoms with van der Waals surface area (Å²) in [4.78, 5) is 3.83. The van der Waals surface area contributed by atoms with Crippen molar-refractivity contribution in [3.05, 3.63) is 24.5 Å². The van der Waals surface area contributed by atoms with E-state index in [2.05, 4.69) is 4.98 Å². The first-order valence-electron chi connectivity index (χ1n) is 4.50. The van der Waals surface area contributed by atoms with Crippen molar-refractivity contribution in [2.45, 2.75) is 6.42 Å². The second-order valence-electron chi connectivity index (χ2n) is 3.03. The van der Waals surface area contributed by atoms with Gasteiger partial charge in [-0.05, 0) is 18.6 Å². The predicted molar refractivity (Wildman–Crippen MR) is 61.8 cm³/mol. The van der Waals surface area contributed by atoms with Gasteiger partial charge in [-0.2, -0.15) is 0 Å². The molecule has 0 amide bonds. The minimum Gasteiger partial charge on any atom is -0.273 e. The lowest BCUT2D eigenvalue weighted by Crippen LogP contribution is -2.29. The summed E-state index contributed by atoms with van der Waals surface area (Å²) in [5, 5.41) is 0. The number of halogens is 1. The Labute approximate surface area is 94.9 Å². The average molecular weight is 249 g/mol. The predicted octanol–water partition coefficient (Wildman–Crippen LogP) is 1.48. The first kappa shape index (κ1) is 12.3. The fraction of sp³-hybridized carbons (Fsp3) is 0.444. The van der Waals surface area contributed by atoms with E-state index < -0.39 is 10.0 Å². The molecule has 1 heterocycles. The molecule has 0 saturated carbocycles. The number of anilines is 1. The zero-order valence-corrected chi connectivity index (χ0v) is 10.0. The van der Waals surface area contributed by atoms with Gasteiger partial charge in [-0.3, -0.25) is 9.29 Å². The normalized spacial score (nSPS) is 11.3. The van der Waals surface area contributed by atoms with E-state index in [4.69, 9.17) is 11.6 Å². The van der Waals surface area contributed by atoms with Crippen molar-refractivity contribution < 1.29 is 8.42 Å². The third kappa shape index (κ3) is 3.35. The Hall–Kier alpha value is -0.810. The highest BCUT2D eigenvalue weighted by atomic mass is 35.5. The Balaban J connectivity index is 2.80. The standard InChI is InChI=1S/C9H13ClN2O2S/c1-12(9-3-6-11-7-4-9)15(13,14)8-2-5-10/h3-4,6-7H,2,5,8H2,1H3. The molecular formula is C9H13ClN2O2S. The molecule has 1 aromatic rings. The summed E-state index contributed by atoms with van der Waals surface area (Å²) < 4.78 is 24.7. The summed E-state index contributed by atoms with van der Waals surface area (Å²) in [6.07, 6.45) is 3.57. The summed E-state index contributed by atoms with van der Waals surface area (Å²) in [5.41, 5.74) is 0.611. The summed E-state index contributed by atoms with van der Waals surface area (Å²) in [5.74, 6) is 0.415. The third-order valence-electron chi connectivity index (χ3n) is 1.98. The SMILES string of the molecule is CN(c1ccncc1)S(=O)(=O)CCCCl. The van der Waals surface area contributed by atoms with E-state index in [9.17, 15) is 8.42 Å². The minimum atomic E-state index is -3.25. The lowest BCUT2D eigenvalue weighted by atomic mass is 10.4. The third-order valence-corrected chi connectivity index (χ3v) is 4.10. The Morgan fingerprint density at radius 2 is 2.00 bits per heavy atom. The number of hydrogen-bond donors (Lipinski definition) is 0. The Bertz CT molecular complexity index is 394. The van der Waals surface area contributed by atoms with Crippen LogP contribution in [0.3, 0.4) is 0 Å². The van der Waals surface area contributed by atoms with E-state index in [1.807, 2.05) is 0 Å².